The zero-order valence-electron chi connectivity index (χ0n) is 17.3. The Morgan fingerprint density at radius 1 is 1.14 bits per heavy atom. The Bertz CT molecular complexity index is 888. The maximum Gasteiger partial charge on any atom is 0.266 e. The summed E-state index contributed by atoms with van der Waals surface area (Å²) in [7, 11) is 0. The van der Waals surface area contributed by atoms with E-state index in [0.717, 1.165) is 30.5 Å². The lowest BCUT2D eigenvalue weighted by Crippen LogP contribution is -2.39. The lowest BCUT2D eigenvalue weighted by Gasteiger charge is -2.32. The molecule has 0 unspecified atom stereocenters. The number of nitriles is 1. The number of carbonyl (C=O) groups excluding carboxylic acids is 1. The van der Waals surface area contributed by atoms with Crippen LogP contribution in [0.2, 0.25) is 0 Å². The SMILES string of the molecule is CC(C)c1ccccc1N/C=C(/C#N)C(=O)N1CCC(Cc2ccccc2)CC1. The van der Waals surface area contributed by atoms with Crippen molar-refractivity contribution in [3.05, 3.63) is 77.5 Å². The molecule has 1 N–H and O–H groups in total. The number of rotatable bonds is 6. The number of nitrogens with one attached hydrogen (secondary N) is 1. The fraction of sp³-hybridized carbons (Fsp3) is 0.360. The van der Waals surface area contributed by atoms with Crippen LogP contribution in [-0.4, -0.2) is 23.9 Å². The number of para-hydroxylation sites is 1. The number of likely N-dealkylation sites (tertiary alicyclic amines) is 1. The minimum absolute atomic E-state index is 0.157. The molecule has 0 radical (unpaired) electrons. The molecule has 0 aromatic heterocycles. The number of benzene rings is 2. The van der Waals surface area contributed by atoms with Gasteiger partial charge in [0.05, 0.1) is 0 Å². The van der Waals surface area contributed by atoms with Crippen LogP contribution >= 0.6 is 0 Å². The highest BCUT2D eigenvalue weighted by Crippen LogP contribution is 2.25. The van der Waals surface area contributed by atoms with Gasteiger partial charge in [-0.2, -0.15) is 5.26 Å². The maximum absolute atomic E-state index is 12.8. The summed E-state index contributed by atoms with van der Waals surface area (Å²) in [5.41, 5.74) is 3.60. The van der Waals surface area contributed by atoms with Gasteiger partial charge in [0, 0.05) is 25.0 Å². The third-order valence-corrected chi connectivity index (χ3v) is 5.57. The normalized spacial score (nSPS) is 15.2. The molecule has 1 aliphatic heterocycles. The van der Waals surface area contributed by atoms with Crippen molar-refractivity contribution in [2.24, 2.45) is 5.92 Å². The molecule has 1 aliphatic rings. The summed E-state index contributed by atoms with van der Waals surface area (Å²) in [5, 5.41) is 12.7. The average Bonchev–Trinajstić information content (AvgIpc) is 2.75. The predicted molar refractivity (Wildman–Crippen MR) is 117 cm³/mol. The van der Waals surface area contributed by atoms with Gasteiger partial charge in [-0.1, -0.05) is 62.4 Å². The second-order valence-corrected chi connectivity index (χ2v) is 7.98. The molecule has 0 atom stereocenters. The van der Waals surface area contributed by atoms with Crippen molar-refractivity contribution < 1.29 is 4.79 Å². The topological polar surface area (TPSA) is 56.1 Å². The zero-order valence-corrected chi connectivity index (χ0v) is 17.3. The molecule has 0 spiro atoms. The van der Waals surface area contributed by atoms with Gasteiger partial charge in [-0.15, -0.1) is 0 Å². The van der Waals surface area contributed by atoms with E-state index in [1.807, 2.05) is 29.2 Å². The van der Waals surface area contributed by atoms with Gasteiger partial charge >= 0.3 is 0 Å². The fourth-order valence-corrected chi connectivity index (χ4v) is 3.88. The standard InChI is InChI=1S/C25H29N3O/c1-19(2)23-10-6-7-11-24(23)27-18-22(17-26)25(29)28-14-12-21(13-15-28)16-20-8-4-3-5-9-20/h3-11,18-19,21,27H,12-16H2,1-2H3/b22-18-. The smallest absolute Gasteiger partial charge is 0.266 e. The van der Waals surface area contributed by atoms with Crippen molar-refractivity contribution in [1.29, 1.82) is 5.26 Å². The molecule has 29 heavy (non-hydrogen) atoms. The molecule has 1 amide bonds. The highest BCUT2D eigenvalue weighted by molar-refractivity contribution is 5.97. The largest absolute Gasteiger partial charge is 0.360 e. The second kappa shape index (κ2) is 9.93. The number of hydrogen-bond donors (Lipinski definition) is 1. The summed E-state index contributed by atoms with van der Waals surface area (Å²) >= 11 is 0. The monoisotopic (exact) mass is 387 g/mol. The van der Waals surface area contributed by atoms with Crippen molar-refractivity contribution in [2.45, 2.75) is 39.0 Å². The van der Waals surface area contributed by atoms with Crippen LogP contribution < -0.4 is 5.32 Å². The molecule has 4 nitrogen and oxygen atoms in total. The van der Waals surface area contributed by atoms with Crippen LogP contribution in [0.5, 0.6) is 0 Å². The minimum atomic E-state index is -0.180. The Kier molecular flexibility index (Phi) is 7.08. The first-order valence-electron chi connectivity index (χ1n) is 10.4. The molecule has 3 rings (SSSR count). The van der Waals surface area contributed by atoms with Gasteiger partial charge in [0.2, 0.25) is 0 Å². The zero-order chi connectivity index (χ0) is 20.6. The summed E-state index contributed by atoms with van der Waals surface area (Å²) < 4.78 is 0. The number of anilines is 1. The third-order valence-electron chi connectivity index (χ3n) is 5.57. The van der Waals surface area contributed by atoms with Crippen LogP contribution in [0.25, 0.3) is 0 Å². The molecule has 0 saturated carbocycles. The quantitative estimate of drug-likeness (QED) is 0.553. The molecular weight excluding hydrogens is 358 g/mol. The van der Waals surface area contributed by atoms with E-state index < -0.39 is 0 Å². The molecule has 1 heterocycles. The van der Waals surface area contributed by atoms with Crippen LogP contribution in [0.3, 0.4) is 0 Å². The Labute approximate surface area is 173 Å². The van der Waals surface area contributed by atoms with Crippen molar-refractivity contribution in [3.8, 4) is 6.07 Å². The van der Waals surface area contributed by atoms with Crippen molar-refractivity contribution in [1.82, 2.24) is 4.90 Å². The van der Waals surface area contributed by atoms with Crippen LogP contribution in [0.1, 0.15) is 43.7 Å². The van der Waals surface area contributed by atoms with E-state index >= 15 is 0 Å². The number of carbonyl (C=O) groups is 1. The fourth-order valence-electron chi connectivity index (χ4n) is 3.88. The molecule has 2 aromatic rings. The third kappa shape index (κ3) is 5.48. The van der Waals surface area contributed by atoms with Crippen LogP contribution in [-0.2, 0) is 11.2 Å². The Balaban J connectivity index is 1.59. The van der Waals surface area contributed by atoms with Gasteiger partial charge in [-0.05, 0) is 48.3 Å². The average molecular weight is 388 g/mol. The van der Waals surface area contributed by atoms with Crippen molar-refractivity contribution in [3.63, 3.8) is 0 Å². The minimum Gasteiger partial charge on any atom is -0.360 e. The van der Waals surface area contributed by atoms with E-state index in [9.17, 15) is 10.1 Å². The highest BCUT2D eigenvalue weighted by atomic mass is 16.2. The van der Waals surface area contributed by atoms with Gasteiger partial charge < -0.3 is 10.2 Å². The second-order valence-electron chi connectivity index (χ2n) is 7.98. The Morgan fingerprint density at radius 3 is 2.45 bits per heavy atom. The van der Waals surface area contributed by atoms with Gasteiger partial charge in [0.25, 0.3) is 5.91 Å². The first-order chi connectivity index (χ1) is 14.1. The summed E-state index contributed by atoms with van der Waals surface area (Å²) in [6, 6.07) is 20.6. The lowest BCUT2D eigenvalue weighted by atomic mass is 9.90. The molecular formula is C25H29N3O. The molecule has 1 fully saturated rings. The van der Waals surface area contributed by atoms with E-state index in [4.69, 9.17) is 0 Å². The Hall–Kier alpha value is -3.06. The molecule has 0 bridgehead atoms. The van der Waals surface area contributed by atoms with Crippen LogP contribution in [0.15, 0.2) is 66.4 Å². The summed E-state index contributed by atoms with van der Waals surface area (Å²) in [5.74, 6) is 0.768. The van der Waals surface area contributed by atoms with E-state index in [-0.39, 0.29) is 11.5 Å². The summed E-state index contributed by atoms with van der Waals surface area (Å²) in [6.45, 7) is 5.66. The van der Waals surface area contributed by atoms with E-state index in [1.54, 1.807) is 6.20 Å². The molecule has 2 aromatic carbocycles. The number of piperidine rings is 1. The van der Waals surface area contributed by atoms with Crippen molar-refractivity contribution >= 4 is 11.6 Å². The first kappa shape index (κ1) is 20.7. The van der Waals surface area contributed by atoms with Crippen LogP contribution in [0.4, 0.5) is 5.69 Å². The van der Waals surface area contributed by atoms with E-state index in [1.165, 1.54) is 5.56 Å². The molecule has 1 saturated heterocycles. The number of nitrogens with zero attached hydrogens (tertiary/aromatic N) is 2. The predicted octanol–water partition coefficient (Wildman–Crippen LogP) is 5.11. The molecule has 0 aliphatic carbocycles. The first-order valence-corrected chi connectivity index (χ1v) is 10.4. The van der Waals surface area contributed by atoms with Gasteiger partial charge in [-0.25, -0.2) is 0 Å². The van der Waals surface area contributed by atoms with Gasteiger partial charge in [0.1, 0.15) is 11.6 Å². The lowest BCUT2D eigenvalue weighted by molar-refractivity contribution is -0.128. The van der Waals surface area contributed by atoms with Gasteiger partial charge in [0.15, 0.2) is 0 Å². The maximum atomic E-state index is 12.8. The van der Waals surface area contributed by atoms with Gasteiger partial charge in [-0.3, -0.25) is 4.79 Å². The van der Waals surface area contributed by atoms with E-state index in [0.29, 0.717) is 24.9 Å². The number of hydrogen-bond acceptors (Lipinski definition) is 3. The Morgan fingerprint density at radius 2 is 1.79 bits per heavy atom. The highest BCUT2D eigenvalue weighted by Gasteiger charge is 2.25. The van der Waals surface area contributed by atoms with Crippen molar-refractivity contribution in [2.75, 3.05) is 18.4 Å². The van der Waals surface area contributed by atoms with E-state index in [2.05, 4.69) is 55.6 Å². The molecule has 4 heteroatoms. The number of amides is 1. The molecule has 150 valence electrons. The summed E-state index contributed by atoms with van der Waals surface area (Å²) in [4.78, 5) is 14.6. The summed E-state index contributed by atoms with van der Waals surface area (Å²) in [6.07, 6.45) is 4.56. The van der Waals surface area contributed by atoms with Crippen LogP contribution in [0, 0.1) is 17.2 Å².